The molecule has 0 spiro atoms. The van der Waals surface area contributed by atoms with E-state index in [4.69, 9.17) is 4.74 Å². The van der Waals surface area contributed by atoms with Gasteiger partial charge in [-0.25, -0.2) is 9.97 Å². The third kappa shape index (κ3) is 4.24. The Labute approximate surface area is 187 Å². The van der Waals surface area contributed by atoms with Gasteiger partial charge >= 0.3 is 0 Å². The van der Waals surface area contributed by atoms with Crippen molar-refractivity contribution in [2.75, 3.05) is 12.0 Å². The number of phenolic OH excluding ortho intramolecular Hbond substituents is 1. The number of hydrogen-bond donors (Lipinski definition) is 2. The van der Waals surface area contributed by atoms with Crippen molar-refractivity contribution in [1.29, 1.82) is 0 Å². The van der Waals surface area contributed by atoms with Crippen molar-refractivity contribution in [1.82, 2.24) is 9.97 Å². The summed E-state index contributed by atoms with van der Waals surface area (Å²) in [5.74, 6) is 1.90. The Morgan fingerprint density at radius 1 is 1.32 bits per heavy atom. The molecule has 2 N–H and O–H groups in total. The van der Waals surface area contributed by atoms with E-state index in [2.05, 4.69) is 41.3 Å². The molecule has 2 heterocycles. The highest BCUT2D eigenvalue weighted by molar-refractivity contribution is 7.19. The molecule has 1 aliphatic carbocycles. The van der Waals surface area contributed by atoms with Gasteiger partial charge in [0.25, 0.3) is 0 Å². The second kappa shape index (κ2) is 8.83. The number of nitrogens with zero attached hydrogens (tertiary/aromatic N) is 3. The fraction of sp³-hybridized carbons (Fsp3) is 0.458. The van der Waals surface area contributed by atoms with Gasteiger partial charge in [0.15, 0.2) is 17.3 Å². The molecule has 6 nitrogen and oxygen atoms in total. The minimum absolute atomic E-state index is 0.0836. The Morgan fingerprint density at radius 2 is 2.16 bits per heavy atom. The summed E-state index contributed by atoms with van der Waals surface area (Å²) in [6.07, 6.45) is 7.73. The van der Waals surface area contributed by atoms with Crippen LogP contribution in [0.25, 0.3) is 10.2 Å². The first-order valence-corrected chi connectivity index (χ1v) is 11.7. The van der Waals surface area contributed by atoms with E-state index < -0.39 is 0 Å². The predicted octanol–water partition coefficient (Wildman–Crippen LogP) is 5.78. The molecule has 2 aromatic heterocycles. The molecule has 0 aliphatic heterocycles. The monoisotopic (exact) mass is 438 g/mol. The van der Waals surface area contributed by atoms with Crippen LogP contribution in [0, 0.1) is 11.3 Å². The molecule has 3 aromatic rings. The Hall–Kier alpha value is -2.67. The highest BCUT2D eigenvalue weighted by Crippen LogP contribution is 2.45. The maximum absolute atomic E-state index is 10.4. The number of anilines is 1. The Balaban J connectivity index is 1.62. The zero-order chi connectivity index (χ0) is 22.0. The number of aromatic hydroxyl groups is 1. The molecule has 0 amide bonds. The Morgan fingerprint density at radius 3 is 2.94 bits per heavy atom. The van der Waals surface area contributed by atoms with E-state index in [1.54, 1.807) is 36.0 Å². The Bertz CT molecular complexity index is 1110. The maximum atomic E-state index is 10.4. The Kier molecular flexibility index (Phi) is 6.14. The maximum Gasteiger partial charge on any atom is 0.166 e. The molecule has 1 aromatic carbocycles. The summed E-state index contributed by atoms with van der Waals surface area (Å²) < 4.78 is 5.45. The van der Waals surface area contributed by atoms with Crippen molar-refractivity contribution < 1.29 is 9.84 Å². The number of aryl methyl sites for hydroxylation is 1. The van der Waals surface area contributed by atoms with Crippen LogP contribution in [0.15, 0.2) is 29.6 Å². The van der Waals surface area contributed by atoms with Gasteiger partial charge in [0.1, 0.15) is 11.2 Å². The number of thiophene rings is 1. The zero-order valence-electron chi connectivity index (χ0n) is 18.6. The smallest absolute Gasteiger partial charge is 0.166 e. The van der Waals surface area contributed by atoms with Crippen LogP contribution in [0.1, 0.15) is 56.5 Å². The van der Waals surface area contributed by atoms with Crippen molar-refractivity contribution in [2.45, 2.75) is 53.4 Å². The van der Waals surface area contributed by atoms with Crippen LogP contribution in [0.3, 0.4) is 0 Å². The van der Waals surface area contributed by atoms with E-state index in [0.717, 1.165) is 23.1 Å². The fourth-order valence-corrected chi connectivity index (χ4v) is 5.41. The molecule has 0 saturated carbocycles. The number of ether oxygens (including phenoxy) is 1. The number of nitrogens with one attached hydrogen (secondary N) is 1. The quantitative estimate of drug-likeness (QED) is 0.361. The summed E-state index contributed by atoms with van der Waals surface area (Å²) >= 11 is 1.77. The number of aromatic nitrogens is 2. The van der Waals surface area contributed by atoms with Crippen molar-refractivity contribution in [3.05, 3.63) is 40.5 Å². The number of phenols is 1. The van der Waals surface area contributed by atoms with Crippen LogP contribution < -0.4 is 10.2 Å². The molecule has 31 heavy (non-hydrogen) atoms. The number of benzene rings is 1. The van der Waals surface area contributed by atoms with Crippen molar-refractivity contribution in [3.8, 4) is 11.5 Å². The average Bonchev–Trinajstić information content (AvgIpc) is 3.15. The lowest BCUT2D eigenvalue weighted by Gasteiger charge is -2.36. The SMILES string of the molecule is CCOc1cccc(/C=N\Nc2ncnc3sc4c(c23)C[C@@H](C(C)(C)CC)CC4)c1O. The number of para-hydroxylation sites is 1. The number of fused-ring (bicyclic) bond motifs is 3. The number of hydrogen-bond acceptors (Lipinski definition) is 7. The molecule has 4 rings (SSSR count). The molecular weight excluding hydrogens is 408 g/mol. The van der Waals surface area contributed by atoms with E-state index in [0.29, 0.717) is 35.1 Å². The van der Waals surface area contributed by atoms with Crippen molar-refractivity contribution >= 4 is 33.6 Å². The molecule has 1 aliphatic rings. The summed E-state index contributed by atoms with van der Waals surface area (Å²) in [4.78, 5) is 11.4. The fourth-order valence-electron chi connectivity index (χ4n) is 4.23. The van der Waals surface area contributed by atoms with Gasteiger partial charge in [0, 0.05) is 10.4 Å². The molecule has 0 saturated heterocycles. The minimum atomic E-state index is 0.0836. The topological polar surface area (TPSA) is 79.6 Å². The molecule has 0 radical (unpaired) electrons. The lowest BCUT2D eigenvalue weighted by atomic mass is 9.69. The molecule has 0 bridgehead atoms. The summed E-state index contributed by atoms with van der Waals surface area (Å²) in [5, 5.41) is 15.8. The standard InChI is InChI=1S/C24H30N4O2S/c1-5-24(3,4)16-10-11-19-17(12-16)20-22(25-14-26-23(20)31-19)28-27-13-15-8-7-9-18(21(15)29)30-6-2/h7-9,13-14,16,29H,5-6,10-12H2,1-4H3,(H,25,26,28)/b27-13-/t16-/m0/s1. The van der Waals surface area contributed by atoms with Crippen LogP contribution in [0.5, 0.6) is 11.5 Å². The first-order valence-electron chi connectivity index (χ1n) is 10.9. The normalized spacial score (nSPS) is 16.6. The predicted molar refractivity (Wildman–Crippen MR) is 127 cm³/mol. The van der Waals surface area contributed by atoms with Gasteiger partial charge in [-0.15, -0.1) is 11.3 Å². The summed E-state index contributed by atoms with van der Waals surface area (Å²) in [6.45, 7) is 9.41. The highest BCUT2D eigenvalue weighted by atomic mass is 32.1. The average molecular weight is 439 g/mol. The molecule has 164 valence electrons. The van der Waals surface area contributed by atoms with Gasteiger partial charge in [-0.05, 0) is 55.2 Å². The summed E-state index contributed by atoms with van der Waals surface area (Å²) in [7, 11) is 0. The van der Waals surface area contributed by atoms with E-state index >= 15 is 0 Å². The van der Waals surface area contributed by atoms with E-state index in [1.165, 1.54) is 23.3 Å². The van der Waals surface area contributed by atoms with Gasteiger partial charge in [-0.2, -0.15) is 5.10 Å². The lowest BCUT2D eigenvalue weighted by Crippen LogP contribution is -2.28. The van der Waals surface area contributed by atoms with Gasteiger partial charge in [0.2, 0.25) is 0 Å². The first-order chi connectivity index (χ1) is 14.9. The number of hydrazone groups is 1. The third-order valence-electron chi connectivity index (χ3n) is 6.56. The molecule has 0 unspecified atom stereocenters. The minimum Gasteiger partial charge on any atom is -0.504 e. The van der Waals surface area contributed by atoms with Crippen LogP contribution in [-0.2, 0) is 12.8 Å². The van der Waals surface area contributed by atoms with Crippen LogP contribution in [0.2, 0.25) is 0 Å². The molecule has 0 fully saturated rings. The largest absolute Gasteiger partial charge is 0.504 e. The lowest BCUT2D eigenvalue weighted by molar-refractivity contribution is 0.184. The first kappa shape index (κ1) is 21.6. The van der Waals surface area contributed by atoms with Gasteiger partial charge in [0.05, 0.1) is 18.2 Å². The van der Waals surface area contributed by atoms with Crippen molar-refractivity contribution in [3.63, 3.8) is 0 Å². The summed E-state index contributed by atoms with van der Waals surface area (Å²) in [6, 6.07) is 5.37. The van der Waals surface area contributed by atoms with E-state index in [-0.39, 0.29) is 5.75 Å². The van der Waals surface area contributed by atoms with E-state index in [9.17, 15) is 5.11 Å². The van der Waals surface area contributed by atoms with Crippen LogP contribution in [-0.4, -0.2) is 27.9 Å². The highest BCUT2D eigenvalue weighted by Gasteiger charge is 2.33. The zero-order valence-corrected chi connectivity index (χ0v) is 19.4. The second-order valence-electron chi connectivity index (χ2n) is 8.69. The van der Waals surface area contributed by atoms with Crippen LogP contribution >= 0.6 is 11.3 Å². The summed E-state index contributed by atoms with van der Waals surface area (Å²) in [5.41, 5.74) is 5.36. The van der Waals surface area contributed by atoms with Gasteiger partial charge in [-0.3, -0.25) is 5.43 Å². The van der Waals surface area contributed by atoms with Gasteiger partial charge < -0.3 is 9.84 Å². The van der Waals surface area contributed by atoms with Crippen LogP contribution in [0.4, 0.5) is 5.82 Å². The van der Waals surface area contributed by atoms with Gasteiger partial charge in [-0.1, -0.05) is 33.3 Å². The molecule has 7 heteroatoms. The van der Waals surface area contributed by atoms with Crippen molar-refractivity contribution in [2.24, 2.45) is 16.4 Å². The molecular formula is C24H30N4O2S. The van der Waals surface area contributed by atoms with E-state index in [1.807, 2.05) is 13.0 Å². The molecule has 1 atom stereocenters. The third-order valence-corrected chi connectivity index (χ3v) is 7.76. The number of rotatable bonds is 7. The second-order valence-corrected chi connectivity index (χ2v) is 9.77.